The fraction of sp³-hybridized carbons (Fsp3) is 0.136. The summed E-state index contributed by atoms with van der Waals surface area (Å²) in [5.41, 5.74) is 3.30. The molecule has 0 aliphatic carbocycles. The topological polar surface area (TPSA) is 75.0 Å². The zero-order valence-electron chi connectivity index (χ0n) is 15.3. The minimum atomic E-state index is -0.205. The van der Waals surface area contributed by atoms with Crippen molar-refractivity contribution >= 4 is 34.8 Å². The first-order valence-electron chi connectivity index (χ1n) is 9.18. The highest BCUT2D eigenvalue weighted by atomic mass is 16.3. The molecule has 0 spiro atoms. The molecule has 1 N–H and O–H groups in total. The average molecular weight is 370 g/mol. The number of pyridine rings is 1. The molecule has 0 unspecified atom stereocenters. The van der Waals surface area contributed by atoms with Crippen molar-refractivity contribution in [1.82, 2.24) is 15.0 Å². The summed E-state index contributed by atoms with van der Waals surface area (Å²) < 4.78 is 5.32. The summed E-state index contributed by atoms with van der Waals surface area (Å²) in [5, 5.41) is 0.467. The van der Waals surface area contributed by atoms with Crippen LogP contribution in [0.3, 0.4) is 0 Å². The fourth-order valence-corrected chi connectivity index (χ4v) is 3.77. The van der Waals surface area contributed by atoms with Gasteiger partial charge in [0.15, 0.2) is 5.65 Å². The Morgan fingerprint density at radius 2 is 2.07 bits per heavy atom. The molecule has 0 radical (unpaired) electrons. The molecule has 1 aromatic carbocycles. The first-order chi connectivity index (χ1) is 13.7. The molecule has 6 nitrogen and oxygen atoms in total. The maximum absolute atomic E-state index is 12.9. The van der Waals surface area contributed by atoms with Crippen LogP contribution in [0.1, 0.15) is 23.8 Å². The van der Waals surface area contributed by atoms with Gasteiger partial charge in [0.25, 0.3) is 5.56 Å². The Labute approximate surface area is 161 Å². The molecule has 3 aromatic heterocycles. The lowest BCUT2D eigenvalue weighted by molar-refractivity contribution is 0.557. The van der Waals surface area contributed by atoms with Gasteiger partial charge in [-0.25, -0.2) is 4.98 Å². The van der Waals surface area contributed by atoms with Crippen LogP contribution in [0.2, 0.25) is 0 Å². The molecule has 4 aromatic rings. The summed E-state index contributed by atoms with van der Waals surface area (Å²) >= 11 is 0. The third-order valence-electron chi connectivity index (χ3n) is 5.03. The highest BCUT2D eigenvalue weighted by molar-refractivity contribution is 5.88. The van der Waals surface area contributed by atoms with E-state index in [1.54, 1.807) is 18.5 Å². The second kappa shape index (κ2) is 6.49. The number of benzene rings is 1. The number of aromatic amines is 1. The van der Waals surface area contributed by atoms with Crippen LogP contribution in [0.5, 0.6) is 0 Å². The highest BCUT2D eigenvalue weighted by Crippen LogP contribution is 2.36. The van der Waals surface area contributed by atoms with E-state index < -0.39 is 0 Å². The molecule has 0 bridgehead atoms. The predicted molar refractivity (Wildman–Crippen MR) is 110 cm³/mol. The lowest BCUT2D eigenvalue weighted by atomic mass is 10.1. The molecule has 138 valence electrons. The van der Waals surface area contributed by atoms with Crippen molar-refractivity contribution in [3.05, 3.63) is 82.2 Å². The van der Waals surface area contributed by atoms with Gasteiger partial charge in [-0.05, 0) is 54.8 Å². The number of hydrogen-bond donors (Lipinski definition) is 1. The van der Waals surface area contributed by atoms with Gasteiger partial charge in [0.2, 0.25) is 5.95 Å². The number of hydrogen-bond acceptors (Lipinski definition) is 5. The van der Waals surface area contributed by atoms with Gasteiger partial charge in [0.05, 0.1) is 11.6 Å². The third kappa shape index (κ3) is 2.70. The van der Waals surface area contributed by atoms with Crippen molar-refractivity contribution in [2.24, 2.45) is 0 Å². The maximum atomic E-state index is 12.9. The van der Waals surface area contributed by atoms with E-state index in [1.165, 1.54) is 5.56 Å². The smallest absolute Gasteiger partial charge is 0.262 e. The van der Waals surface area contributed by atoms with Crippen molar-refractivity contribution in [3.63, 3.8) is 0 Å². The lowest BCUT2D eigenvalue weighted by Crippen LogP contribution is -2.28. The van der Waals surface area contributed by atoms with Crippen LogP contribution in [0.25, 0.3) is 23.2 Å². The van der Waals surface area contributed by atoms with Gasteiger partial charge >= 0.3 is 0 Å². The minimum absolute atomic E-state index is 0.205. The molecule has 5 rings (SSSR count). The zero-order valence-corrected chi connectivity index (χ0v) is 15.3. The maximum Gasteiger partial charge on any atom is 0.262 e. The number of nitrogens with zero attached hydrogens (tertiary/aromatic N) is 3. The van der Waals surface area contributed by atoms with Gasteiger partial charge in [0, 0.05) is 17.9 Å². The summed E-state index contributed by atoms with van der Waals surface area (Å²) in [4.78, 5) is 27.0. The van der Waals surface area contributed by atoms with Crippen LogP contribution in [-0.2, 0) is 6.42 Å². The Hall–Kier alpha value is -3.67. The first-order valence-corrected chi connectivity index (χ1v) is 9.18. The van der Waals surface area contributed by atoms with Gasteiger partial charge in [-0.1, -0.05) is 24.3 Å². The Kier molecular flexibility index (Phi) is 3.83. The van der Waals surface area contributed by atoms with E-state index in [-0.39, 0.29) is 11.6 Å². The van der Waals surface area contributed by atoms with Crippen LogP contribution >= 0.6 is 0 Å². The zero-order chi connectivity index (χ0) is 19.1. The number of H-pyrrole nitrogens is 1. The largest absolute Gasteiger partial charge is 0.465 e. The Balaban J connectivity index is 1.62. The number of fused-ring (bicyclic) bond motifs is 2. The number of anilines is 2. The van der Waals surface area contributed by atoms with Crippen LogP contribution in [0, 0.1) is 0 Å². The molecule has 1 atom stereocenters. The Bertz CT molecular complexity index is 1240. The average Bonchev–Trinajstić information content (AvgIpc) is 3.32. The molecular formula is C22H18N4O2. The van der Waals surface area contributed by atoms with Crippen molar-refractivity contribution in [1.29, 1.82) is 0 Å². The Morgan fingerprint density at radius 3 is 2.93 bits per heavy atom. The van der Waals surface area contributed by atoms with Crippen molar-refractivity contribution in [2.45, 2.75) is 19.4 Å². The second-order valence-electron chi connectivity index (χ2n) is 6.89. The van der Waals surface area contributed by atoms with Gasteiger partial charge in [-0.3, -0.25) is 9.78 Å². The number of rotatable bonds is 3. The SMILES string of the molecule is C[C@@H]1Cc2ccccc2N1c1nc2nccc(/C=C/c3ccco3)c2c(=O)[nH]1. The van der Waals surface area contributed by atoms with Gasteiger partial charge < -0.3 is 9.32 Å². The molecule has 1 aliphatic rings. The normalized spacial score (nSPS) is 16.2. The van der Waals surface area contributed by atoms with Crippen molar-refractivity contribution < 1.29 is 4.42 Å². The standard InChI is InChI=1S/C22H18N4O2/c1-14-13-16-5-2-3-7-18(16)26(14)22-24-20-19(21(27)25-22)15(10-11-23-20)8-9-17-6-4-12-28-17/h2-12,14H,13H2,1H3,(H,23,24,25,27)/b9-8+/t14-/m1/s1. The van der Waals surface area contributed by atoms with E-state index in [4.69, 9.17) is 4.42 Å². The molecule has 0 fully saturated rings. The van der Waals surface area contributed by atoms with Crippen LogP contribution in [0.4, 0.5) is 11.6 Å². The predicted octanol–water partition coefficient (Wildman–Crippen LogP) is 4.16. The summed E-state index contributed by atoms with van der Waals surface area (Å²) in [6.07, 6.45) is 7.85. The van der Waals surface area contributed by atoms with E-state index in [2.05, 4.69) is 38.9 Å². The molecule has 28 heavy (non-hydrogen) atoms. The number of para-hydroxylation sites is 1. The van der Waals surface area contributed by atoms with Crippen molar-refractivity contribution in [3.8, 4) is 0 Å². The van der Waals surface area contributed by atoms with E-state index in [9.17, 15) is 4.79 Å². The molecule has 6 heteroatoms. The highest BCUT2D eigenvalue weighted by Gasteiger charge is 2.28. The summed E-state index contributed by atoms with van der Waals surface area (Å²) in [5.74, 6) is 1.24. The van der Waals surface area contributed by atoms with Gasteiger partial charge in [-0.2, -0.15) is 4.98 Å². The third-order valence-corrected chi connectivity index (χ3v) is 5.03. The second-order valence-corrected chi connectivity index (χ2v) is 6.89. The number of nitrogens with one attached hydrogen (secondary N) is 1. The molecular weight excluding hydrogens is 352 g/mol. The summed E-state index contributed by atoms with van der Waals surface area (Å²) in [7, 11) is 0. The van der Waals surface area contributed by atoms with E-state index in [0.717, 1.165) is 17.7 Å². The van der Waals surface area contributed by atoms with E-state index in [1.807, 2.05) is 36.4 Å². The molecule has 0 saturated heterocycles. The van der Waals surface area contributed by atoms with Crippen LogP contribution in [0.15, 0.2) is 64.1 Å². The molecule has 4 heterocycles. The lowest BCUT2D eigenvalue weighted by Gasteiger charge is -2.23. The number of furan rings is 1. The summed E-state index contributed by atoms with van der Waals surface area (Å²) in [6, 6.07) is 13.9. The molecule has 0 amide bonds. The quantitative estimate of drug-likeness (QED) is 0.586. The van der Waals surface area contributed by atoms with E-state index in [0.29, 0.717) is 22.7 Å². The van der Waals surface area contributed by atoms with Gasteiger partial charge in [-0.15, -0.1) is 0 Å². The van der Waals surface area contributed by atoms with Crippen LogP contribution < -0.4 is 10.5 Å². The van der Waals surface area contributed by atoms with Crippen molar-refractivity contribution in [2.75, 3.05) is 4.90 Å². The van der Waals surface area contributed by atoms with Crippen LogP contribution in [-0.4, -0.2) is 21.0 Å². The van der Waals surface area contributed by atoms with E-state index >= 15 is 0 Å². The fourth-order valence-electron chi connectivity index (χ4n) is 3.77. The summed E-state index contributed by atoms with van der Waals surface area (Å²) in [6.45, 7) is 2.13. The molecule has 0 saturated carbocycles. The van der Waals surface area contributed by atoms with Gasteiger partial charge in [0.1, 0.15) is 5.76 Å². The molecule has 1 aliphatic heterocycles. The first kappa shape index (κ1) is 16.5. The monoisotopic (exact) mass is 370 g/mol. The Morgan fingerprint density at radius 1 is 1.18 bits per heavy atom. The minimum Gasteiger partial charge on any atom is -0.465 e. The number of aromatic nitrogens is 3.